The van der Waals surface area contributed by atoms with Crippen LogP contribution in [0, 0.1) is 0 Å². The zero-order valence-electron chi connectivity index (χ0n) is 12.8. The second-order valence-electron chi connectivity index (χ2n) is 7.00. The molecule has 1 aliphatic rings. The number of nitrogens with zero attached hydrogens (tertiary/aromatic N) is 1. The topological polar surface area (TPSA) is 12.5 Å². The van der Waals surface area contributed by atoms with E-state index in [0.717, 1.165) is 28.3 Å². The molecule has 1 aromatic rings. The van der Waals surface area contributed by atoms with E-state index < -0.39 is 8.32 Å². The van der Waals surface area contributed by atoms with Crippen molar-refractivity contribution in [2.24, 2.45) is 0 Å². The lowest BCUT2D eigenvalue weighted by atomic mass is 10.1. The van der Waals surface area contributed by atoms with Gasteiger partial charge in [0.15, 0.2) is 8.32 Å². The van der Waals surface area contributed by atoms with Crippen molar-refractivity contribution in [2.45, 2.75) is 45.0 Å². The maximum Gasteiger partial charge on any atom is 0.192 e. The second kappa shape index (κ2) is 5.63. The molecule has 0 spiro atoms. The van der Waals surface area contributed by atoms with Gasteiger partial charge in [0.05, 0.1) is 16.8 Å². The van der Waals surface area contributed by atoms with Crippen LogP contribution in [0.4, 0.5) is 5.69 Å². The lowest BCUT2D eigenvalue weighted by molar-refractivity contribution is 0.149. The maximum atomic E-state index is 6.40. The molecule has 0 aromatic heterocycles. The predicted molar refractivity (Wildman–Crippen MR) is 93.4 cm³/mol. The van der Waals surface area contributed by atoms with E-state index in [0.29, 0.717) is 6.10 Å². The minimum Gasteiger partial charge on any atom is -0.410 e. The van der Waals surface area contributed by atoms with Gasteiger partial charge in [0, 0.05) is 17.6 Å². The summed E-state index contributed by atoms with van der Waals surface area (Å²) in [5.74, 6) is 0. The molecule has 0 atom stereocenters. The molecular formula is C15H23BrClNOSi. The van der Waals surface area contributed by atoms with Gasteiger partial charge >= 0.3 is 0 Å². The molecule has 2 nitrogen and oxygen atoms in total. The fourth-order valence-corrected chi connectivity index (χ4v) is 3.95. The highest BCUT2D eigenvalue weighted by Gasteiger charge is 2.42. The first-order valence-electron chi connectivity index (χ1n) is 6.98. The van der Waals surface area contributed by atoms with E-state index in [9.17, 15) is 0 Å². The molecule has 1 aliphatic heterocycles. The number of hydrogen-bond acceptors (Lipinski definition) is 2. The van der Waals surface area contributed by atoms with Crippen molar-refractivity contribution in [1.29, 1.82) is 0 Å². The van der Waals surface area contributed by atoms with Gasteiger partial charge in [-0.15, -0.1) is 0 Å². The third kappa shape index (κ3) is 3.41. The Bertz CT molecular complexity index is 495. The average molecular weight is 377 g/mol. The third-order valence-corrected chi connectivity index (χ3v) is 9.71. The molecule has 0 aliphatic carbocycles. The van der Waals surface area contributed by atoms with E-state index in [1.165, 1.54) is 0 Å². The summed E-state index contributed by atoms with van der Waals surface area (Å²) in [6.07, 6.45) is 0.339. The van der Waals surface area contributed by atoms with E-state index >= 15 is 0 Å². The minimum atomic E-state index is -1.66. The molecule has 0 amide bonds. The summed E-state index contributed by atoms with van der Waals surface area (Å²) in [4.78, 5) is 2.28. The van der Waals surface area contributed by atoms with Crippen molar-refractivity contribution >= 4 is 41.5 Å². The molecule has 0 N–H and O–H groups in total. The molecular weight excluding hydrogens is 354 g/mol. The summed E-state index contributed by atoms with van der Waals surface area (Å²) < 4.78 is 7.46. The maximum absolute atomic E-state index is 6.40. The van der Waals surface area contributed by atoms with E-state index in [4.69, 9.17) is 16.0 Å². The summed E-state index contributed by atoms with van der Waals surface area (Å²) in [7, 11) is -1.66. The van der Waals surface area contributed by atoms with Crippen LogP contribution in [-0.4, -0.2) is 27.5 Å². The van der Waals surface area contributed by atoms with Gasteiger partial charge < -0.3 is 9.33 Å². The Kier molecular flexibility index (Phi) is 4.60. The van der Waals surface area contributed by atoms with Crippen LogP contribution in [0.25, 0.3) is 0 Å². The predicted octanol–water partition coefficient (Wildman–Crippen LogP) is 5.31. The molecule has 1 aromatic carbocycles. The number of rotatable bonds is 3. The lowest BCUT2D eigenvalue weighted by Crippen LogP contribution is -2.58. The van der Waals surface area contributed by atoms with E-state index in [-0.39, 0.29) is 5.04 Å². The van der Waals surface area contributed by atoms with Gasteiger partial charge in [0.25, 0.3) is 0 Å². The zero-order chi connectivity index (χ0) is 15.1. The van der Waals surface area contributed by atoms with Gasteiger partial charge in [0.1, 0.15) is 0 Å². The fraction of sp³-hybridized carbons (Fsp3) is 0.600. The number of anilines is 1. The van der Waals surface area contributed by atoms with E-state index in [2.05, 4.69) is 60.8 Å². The van der Waals surface area contributed by atoms with Crippen LogP contribution in [0.2, 0.25) is 23.2 Å². The summed E-state index contributed by atoms with van der Waals surface area (Å²) >= 11 is 9.76. The summed E-state index contributed by atoms with van der Waals surface area (Å²) in [5, 5.41) is 1.07. The Labute approximate surface area is 136 Å². The molecule has 5 heteroatoms. The first kappa shape index (κ1) is 16.3. The van der Waals surface area contributed by atoms with Crippen LogP contribution in [0.5, 0.6) is 0 Å². The highest BCUT2D eigenvalue weighted by Crippen LogP contribution is 2.39. The normalized spacial score (nSPS) is 17.2. The summed E-state index contributed by atoms with van der Waals surface area (Å²) in [6.45, 7) is 13.3. The molecule has 0 unspecified atom stereocenters. The van der Waals surface area contributed by atoms with Crippen molar-refractivity contribution in [2.75, 3.05) is 18.0 Å². The molecule has 1 fully saturated rings. The van der Waals surface area contributed by atoms with Crippen LogP contribution in [0.1, 0.15) is 20.8 Å². The third-order valence-electron chi connectivity index (χ3n) is 4.36. The fourth-order valence-electron chi connectivity index (χ4n) is 2.03. The van der Waals surface area contributed by atoms with Crippen LogP contribution < -0.4 is 4.90 Å². The molecule has 2 rings (SSSR count). The molecule has 112 valence electrons. The van der Waals surface area contributed by atoms with Gasteiger partial charge in [-0.05, 0) is 36.3 Å². The van der Waals surface area contributed by atoms with Crippen LogP contribution in [0.15, 0.2) is 22.7 Å². The Hall–Kier alpha value is -0.0331. The molecule has 1 heterocycles. The van der Waals surface area contributed by atoms with Gasteiger partial charge in [-0.3, -0.25) is 0 Å². The van der Waals surface area contributed by atoms with Gasteiger partial charge in [-0.25, -0.2) is 0 Å². The second-order valence-corrected chi connectivity index (χ2v) is 13.1. The molecule has 20 heavy (non-hydrogen) atoms. The van der Waals surface area contributed by atoms with Crippen LogP contribution in [0.3, 0.4) is 0 Å². The van der Waals surface area contributed by atoms with Crippen molar-refractivity contribution in [3.05, 3.63) is 27.7 Å². The standard InChI is InChI=1S/C15H23BrClNOSi/c1-15(2,3)20(4,5)19-12-9-18(10-12)14-8-11(16)6-7-13(14)17/h6-8,12H,9-10H2,1-5H3. The number of benzene rings is 1. The Morgan fingerprint density at radius 1 is 1.30 bits per heavy atom. The first-order valence-corrected chi connectivity index (χ1v) is 11.1. The van der Waals surface area contributed by atoms with Crippen molar-refractivity contribution in [1.82, 2.24) is 0 Å². The van der Waals surface area contributed by atoms with Crippen molar-refractivity contribution in [3.63, 3.8) is 0 Å². The van der Waals surface area contributed by atoms with Crippen LogP contribution >= 0.6 is 27.5 Å². The zero-order valence-corrected chi connectivity index (χ0v) is 16.2. The minimum absolute atomic E-state index is 0.265. The average Bonchev–Trinajstić information content (AvgIpc) is 2.25. The van der Waals surface area contributed by atoms with Crippen molar-refractivity contribution in [3.8, 4) is 0 Å². The van der Waals surface area contributed by atoms with E-state index in [1.807, 2.05) is 12.1 Å². The monoisotopic (exact) mass is 375 g/mol. The largest absolute Gasteiger partial charge is 0.410 e. The SMILES string of the molecule is CC(C)(C)[Si](C)(C)OC1CN(c2cc(Br)ccc2Cl)C1. The Morgan fingerprint density at radius 2 is 1.90 bits per heavy atom. The van der Waals surface area contributed by atoms with E-state index in [1.54, 1.807) is 0 Å². The van der Waals surface area contributed by atoms with Gasteiger partial charge in [0.2, 0.25) is 0 Å². The van der Waals surface area contributed by atoms with Gasteiger partial charge in [-0.1, -0.05) is 48.3 Å². The molecule has 0 saturated carbocycles. The quantitative estimate of drug-likeness (QED) is 0.662. The number of hydrogen-bond donors (Lipinski definition) is 0. The molecule has 1 saturated heterocycles. The highest BCUT2D eigenvalue weighted by atomic mass is 79.9. The van der Waals surface area contributed by atoms with Crippen molar-refractivity contribution < 1.29 is 4.43 Å². The lowest BCUT2D eigenvalue weighted by Gasteiger charge is -2.47. The Balaban J connectivity index is 1.97. The summed E-state index contributed by atoms with van der Waals surface area (Å²) in [5.41, 5.74) is 1.09. The smallest absolute Gasteiger partial charge is 0.192 e. The first-order chi connectivity index (χ1) is 9.10. The molecule has 0 radical (unpaired) electrons. The summed E-state index contributed by atoms with van der Waals surface area (Å²) in [6, 6.07) is 5.98. The molecule has 0 bridgehead atoms. The van der Waals surface area contributed by atoms with Crippen LogP contribution in [-0.2, 0) is 4.43 Å². The Morgan fingerprint density at radius 3 is 2.45 bits per heavy atom. The number of halogens is 2. The van der Waals surface area contributed by atoms with Gasteiger partial charge in [-0.2, -0.15) is 0 Å². The highest BCUT2D eigenvalue weighted by molar-refractivity contribution is 9.10.